The molecule has 0 saturated heterocycles. The molecule has 0 saturated carbocycles. The van der Waals surface area contributed by atoms with Crippen LogP contribution in [0, 0.1) is 37.3 Å². The van der Waals surface area contributed by atoms with E-state index in [0.29, 0.717) is 0 Å². The Morgan fingerprint density at radius 1 is 0.409 bits per heavy atom. The van der Waals surface area contributed by atoms with Crippen molar-refractivity contribution in [3.05, 3.63) is 0 Å². The summed E-state index contributed by atoms with van der Waals surface area (Å²) in [5.41, 5.74) is -15.2. The van der Waals surface area contributed by atoms with E-state index in [1.807, 2.05) is 0 Å². The van der Waals surface area contributed by atoms with E-state index in [2.05, 4.69) is 0 Å². The number of halogens is 9. The zero-order valence-electron chi connectivity index (χ0n) is 8.86. The average molecular weight is 566 g/mol. The minimum atomic E-state index is -5.08. The molecule has 0 aromatic carbocycles. The number of hydrogen-bond acceptors (Lipinski definition) is 9. The number of rotatable bonds is 0. The second-order valence-corrected chi connectivity index (χ2v) is 4.84. The van der Waals surface area contributed by atoms with Crippen LogP contribution in [0.3, 0.4) is 0 Å². The van der Waals surface area contributed by atoms with Crippen LogP contribution >= 0.6 is 0 Å². The Labute approximate surface area is 150 Å². The van der Waals surface area contributed by atoms with Gasteiger partial charge < -0.3 is 25.3 Å². The molecule has 0 heterocycles. The molecule has 0 fully saturated rings. The topological polar surface area (TPSA) is 102 Å². The van der Waals surface area contributed by atoms with Gasteiger partial charge in [0.25, 0.3) is 0 Å². The summed E-state index contributed by atoms with van der Waals surface area (Å²) in [7, 11) is -11.8. The van der Waals surface area contributed by atoms with Crippen LogP contribution in [0.2, 0.25) is 0 Å². The van der Waals surface area contributed by atoms with E-state index in [1.54, 1.807) is 0 Å². The van der Waals surface area contributed by atoms with Gasteiger partial charge in [-0.15, -0.1) is 0 Å². The van der Waals surface area contributed by atoms with Gasteiger partial charge >= 0.3 is 53.8 Å². The summed E-state index contributed by atoms with van der Waals surface area (Å²) in [5, 5.41) is 0. The van der Waals surface area contributed by atoms with E-state index in [-0.39, 0.29) is 37.3 Å². The van der Waals surface area contributed by atoms with Crippen molar-refractivity contribution in [1.82, 2.24) is 0 Å². The van der Waals surface area contributed by atoms with Crippen molar-refractivity contribution < 1.29 is 102 Å². The molecule has 22 heavy (non-hydrogen) atoms. The maximum atomic E-state index is 10.6. The van der Waals surface area contributed by atoms with Gasteiger partial charge in [-0.2, -0.15) is 39.5 Å². The Kier molecular flexibility index (Phi) is 16.4. The Morgan fingerprint density at radius 2 is 0.455 bits per heavy atom. The first-order chi connectivity index (χ1) is 8.83. The average Bonchev–Trinajstić information content (AvgIpc) is 2.14. The maximum absolute atomic E-state index is 10.6. The molecule has 0 aliphatic carbocycles. The number of hydrogen-bond donors (Lipinski definition) is 0. The minimum absolute atomic E-state index is 0. The smallest absolute Gasteiger partial charge is 0.416 e. The van der Waals surface area contributed by atoms with Crippen LogP contribution in [0.5, 0.6) is 0 Å². The first-order valence-corrected chi connectivity index (χ1v) is 6.54. The monoisotopic (exact) mass is 565 g/mol. The van der Waals surface area contributed by atoms with Crippen molar-refractivity contribution in [2.24, 2.45) is 0 Å². The molecule has 0 bridgehead atoms. The molecule has 0 amide bonds. The van der Waals surface area contributed by atoms with Gasteiger partial charge in [0.1, 0.15) is 0 Å². The molecular formula is C3ErF9O6S3. The summed E-state index contributed by atoms with van der Waals surface area (Å²) < 4.78 is 148. The van der Waals surface area contributed by atoms with E-state index >= 15 is 0 Å². The van der Waals surface area contributed by atoms with Crippen LogP contribution < -0.4 is 0 Å². The Bertz CT molecular complexity index is 422. The molecule has 0 aromatic heterocycles. The maximum Gasteiger partial charge on any atom is 3.00 e. The molecular weight excluding hydrogens is 566 g/mol. The fourth-order valence-corrected chi connectivity index (χ4v) is 0. The molecule has 0 atom stereocenters. The molecule has 0 aliphatic rings. The fraction of sp³-hybridized carbons (Fsp3) is 1.00. The van der Waals surface area contributed by atoms with Gasteiger partial charge in [0.05, 0.1) is 0 Å². The summed E-state index contributed by atoms with van der Waals surface area (Å²) in [6.45, 7) is 0. The van der Waals surface area contributed by atoms with Crippen molar-refractivity contribution in [3.63, 3.8) is 0 Å². The van der Waals surface area contributed by atoms with Gasteiger partial charge in [-0.1, -0.05) is 0 Å². The predicted octanol–water partition coefficient (Wildman–Crippen LogP) is 2.45. The molecule has 0 rings (SSSR count). The van der Waals surface area contributed by atoms with E-state index in [9.17, 15) is 39.5 Å². The SMILES string of the molecule is O=[S-](=O)C(F)(F)F.O=[S-](=O)C(F)(F)F.O=[S-](=O)C(F)(F)F.[Er+3]. The van der Waals surface area contributed by atoms with Crippen molar-refractivity contribution >= 4 is 32.1 Å². The summed E-state index contributed by atoms with van der Waals surface area (Å²) in [5.74, 6) is 0. The molecule has 1 radical (unpaired) electrons. The Morgan fingerprint density at radius 3 is 0.455 bits per heavy atom. The van der Waals surface area contributed by atoms with E-state index < -0.39 is 48.6 Å². The molecule has 0 aliphatic heterocycles. The molecule has 0 aromatic rings. The van der Waals surface area contributed by atoms with Crippen LogP contribution in [0.4, 0.5) is 39.5 Å². The fourth-order valence-electron chi connectivity index (χ4n) is 0. The van der Waals surface area contributed by atoms with Crippen LogP contribution in [-0.4, -0.2) is 16.5 Å². The third-order valence-corrected chi connectivity index (χ3v) is 1.70. The van der Waals surface area contributed by atoms with Gasteiger partial charge in [-0.3, -0.25) is 0 Å². The van der Waals surface area contributed by atoms with Crippen LogP contribution in [0.25, 0.3) is 0 Å². The molecule has 19 heteroatoms. The molecule has 0 N–H and O–H groups in total. The van der Waals surface area contributed by atoms with E-state index in [1.165, 1.54) is 0 Å². The van der Waals surface area contributed by atoms with Gasteiger partial charge in [-0.05, 0) is 0 Å². The summed E-state index contributed by atoms with van der Waals surface area (Å²) in [6.07, 6.45) is 0. The second-order valence-electron chi connectivity index (χ2n) is 2.04. The zero-order chi connectivity index (χ0) is 18.2. The summed E-state index contributed by atoms with van der Waals surface area (Å²) in [4.78, 5) is 0. The van der Waals surface area contributed by atoms with Crippen molar-refractivity contribution in [3.8, 4) is 0 Å². The van der Waals surface area contributed by atoms with Gasteiger partial charge in [0.2, 0.25) is 0 Å². The normalized spacial score (nSPS) is 12.0. The van der Waals surface area contributed by atoms with E-state index in [0.717, 1.165) is 0 Å². The Hall–Kier alpha value is 0.467. The quantitative estimate of drug-likeness (QED) is 0.330. The largest absolute Gasteiger partial charge is 3.00 e. The minimum Gasteiger partial charge on any atom is -0.416 e. The third kappa shape index (κ3) is 22.7. The van der Waals surface area contributed by atoms with E-state index in [4.69, 9.17) is 25.3 Å². The third-order valence-electron chi connectivity index (χ3n) is 0.567. The Balaban J connectivity index is -0.000000108. The first kappa shape index (κ1) is 30.4. The van der Waals surface area contributed by atoms with Gasteiger partial charge in [0, 0.05) is 32.1 Å². The summed E-state index contributed by atoms with van der Waals surface area (Å²) in [6, 6.07) is 0. The predicted molar refractivity (Wildman–Crippen MR) is 44.4 cm³/mol. The van der Waals surface area contributed by atoms with Crippen LogP contribution in [0.1, 0.15) is 0 Å². The molecule has 0 unspecified atom stereocenters. The number of alkyl halides is 9. The molecule has 0 spiro atoms. The van der Waals surface area contributed by atoms with Crippen LogP contribution in [0.15, 0.2) is 0 Å². The molecule has 141 valence electrons. The van der Waals surface area contributed by atoms with Crippen LogP contribution in [-0.2, 0) is 57.4 Å². The van der Waals surface area contributed by atoms with Gasteiger partial charge in [0.15, 0.2) is 0 Å². The van der Waals surface area contributed by atoms with Gasteiger partial charge in [-0.25, -0.2) is 0 Å². The van der Waals surface area contributed by atoms with Crippen molar-refractivity contribution in [1.29, 1.82) is 0 Å². The zero-order valence-corrected chi connectivity index (χ0v) is 13.2. The molecule has 6 nitrogen and oxygen atoms in total. The van der Waals surface area contributed by atoms with Crippen molar-refractivity contribution in [2.75, 3.05) is 0 Å². The van der Waals surface area contributed by atoms with Crippen molar-refractivity contribution in [2.45, 2.75) is 16.5 Å². The summed E-state index contributed by atoms with van der Waals surface area (Å²) >= 11 is 0. The standard InChI is InChI=1S/3CF3O2S.Er/c3*2-1(3,4)7(5)6;/q3*-1;+3. The second kappa shape index (κ2) is 11.9. The first-order valence-electron chi connectivity index (χ1n) is 3.31.